The molecule has 0 fully saturated rings. The number of urea groups is 1. The van der Waals surface area contributed by atoms with Gasteiger partial charge in [0.25, 0.3) is 0 Å². The lowest BCUT2D eigenvalue weighted by molar-refractivity contribution is 0.261. The molecule has 25 heavy (non-hydrogen) atoms. The number of nitrogens with one attached hydrogen (secondary N) is 2. The van der Waals surface area contributed by atoms with Crippen LogP contribution in [0.1, 0.15) is 0 Å². The second-order valence-corrected chi connectivity index (χ2v) is 6.10. The zero-order valence-electron chi connectivity index (χ0n) is 11.9. The number of para-hydroxylation sites is 1. The molecule has 2 aromatic rings. The molecule has 0 unspecified atom stereocenters. The highest BCUT2D eigenvalue weighted by atomic mass is 32.2. The van der Waals surface area contributed by atoms with E-state index in [0.29, 0.717) is 0 Å². The van der Waals surface area contributed by atoms with Crippen molar-refractivity contribution in [2.24, 2.45) is 5.14 Å². The fourth-order valence-electron chi connectivity index (χ4n) is 1.80. The van der Waals surface area contributed by atoms with Crippen LogP contribution in [0.15, 0.2) is 29.2 Å². The van der Waals surface area contributed by atoms with Crippen molar-refractivity contribution in [3.63, 3.8) is 0 Å². The van der Waals surface area contributed by atoms with Gasteiger partial charge in [0.2, 0.25) is 15.8 Å². The number of rotatable bonds is 3. The molecule has 0 aliphatic rings. The number of hydrogen-bond donors (Lipinski definition) is 3. The maximum atomic E-state index is 13.5. The van der Waals surface area contributed by atoms with Crippen molar-refractivity contribution in [3.05, 3.63) is 53.4 Å². The Hall–Kier alpha value is -2.73. The number of halogens is 5. The van der Waals surface area contributed by atoms with Gasteiger partial charge >= 0.3 is 6.03 Å². The third kappa shape index (κ3) is 3.69. The number of benzene rings is 2. The predicted molar refractivity (Wildman–Crippen MR) is 76.7 cm³/mol. The summed E-state index contributed by atoms with van der Waals surface area (Å²) in [5.41, 5.74) is -1.96. The number of primary sulfonamides is 1. The van der Waals surface area contributed by atoms with E-state index in [1.165, 1.54) is 17.4 Å². The fraction of sp³-hybridized carbons (Fsp3) is 0. The standard InChI is InChI=1S/C13H8F5N3O3S/c14-7-8(15)10(17)12(11(18)9(7)16)21-13(22)20-5-3-1-2-4-6(5)25(19,23)24/h1-4H,(H2,19,23,24)(H2,20,21,22). The minimum Gasteiger partial charge on any atom is -0.306 e. The van der Waals surface area contributed by atoms with Crippen LogP contribution in [-0.4, -0.2) is 14.4 Å². The molecule has 0 spiro atoms. The normalized spacial score (nSPS) is 11.3. The lowest BCUT2D eigenvalue weighted by Crippen LogP contribution is -2.24. The zero-order chi connectivity index (χ0) is 18.9. The lowest BCUT2D eigenvalue weighted by atomic mass is 10.2. The summed E-state index contributed by atoms with van der Waals surface area (Å²) in [5, 5.41) is 8.25. The molecule has 0 heterocycles. The molecule has 2 rings (SSSR count). The van der Waals surface area contributed by atoms with Crippen LogP contribution in [0.25, 0.3) is 0 Å². The third-order valence-corrected chi connectivity index (χ3v) is 3.86. The minimum absolute atomic E-state index is 0.369. The lowest BCUT2D eigenvalue weighted by Gasteiger charge is -2.12. The first-order valence-electron chi connectivity index (χ1n) is 6.25. The number of anilines is 2. The number of carbonyl (C=O) groups is 1. The number of amides is 2. The monoisotopic (exact) mass is 381 g/mol. The molecule has 0 saturated heterocycles. The quantitative estimate of drug-likeness (QED) is 0.433. The molecule has 0 aliphatic carbocycles. The van der Waals surface area contributed by atoms with Gasteiger partial charge in [-0.05, 0) is 12.1 Å². The smallest absolute Gasteiger partial charge is 0.306 e. The summed E-state index contributed by atoms with van der Waals surface area (Å²) in [6, 6.07) is 3.26. The van der Waals surface area contributed by atoms with Gasteiger partial charge in [-0.2, -0.15) is 0 Å². The molecule has 0 atom stereocenters. The van der Waals surface area contributed by atoms with Crippen LogP contribution in [-0.2, 0) is 10.0 Å². The van der Waals surface area contributed by atoms with Crippen molar-refractivity contribution in [1.82, 2.24) is 0 Å². The van der Waals surface area contributed by atoms with Crippen molar-refractivity contribution < 1.29 is 35.2 Å². The predicted octanol–water partition coefficient (Wildman–Crippen LogP) is 2.67. The van der Waals surface area contributed by atoms with Gasteiger partial charge in [0.05, 0.1) is 5.69 Å². The van der Waals surface area contributed by atoms with Crippen LogP contribution in [0.4, 0.5) is 38.1 Å². The third-order valence-electron chi connectivity index (χ3n) is 2.89. The van der Waals surface area contributed by atoms with Crippen molar-refractivity contribution in [2.75, 3.05) is 10.6 Å². The van der Waals surface area contributed by atoms with Crippen LogP contribution in [0, 0.1) is 29.1 Å². The number of nitrogens with two attached hydrogens (primary N) is 1. The van der Waals surface area contributed by atoms with Crippen LogP contribution in [0.2, 0.25) is 0 Å². The van der Waals surface area contributed by atoms with E-state index in [9.17, 15) is 35.2 Å². The molecule has 12 heteroatoms. The van der Waals surface area contributed by atoms with Crippen molar-refractivity contribution in [2.45, 2.75) is 4.90 Å². The average Bonchev–Trinajstić information content (AvgIpc) is 2.54. The largest absolute Gasteiger partial charge is 0.323 e. The van der Waals surface area contributed by atoms with E-state index in [4.69, 9.17) is 5.14 Å². The molecule has 6 nitrogen and oxygen atoms in total. The average molecular weight is 381 g/mol. The van der Waals surface area contributed by atoms with E-state index in [-0.39, 0.29) is 5.69 Å². The van der Waals surface area contributed by atoms with E-state index in [2.05, 4.69) is 0 Å². The Kier molecular flexibility index (Phi) is 4.94. The fourth-order valence-corrected chi connectivity index (χ4v) is 2.49. The summed E-state index contributed by atoms with van der Waals surface area (Å²) < 4.78 is 88.8. The van der Waals surface area contributed by atoms with Crippen LogP contribution in [0.5, 0.6) is 0 Å². The van der Waals surface area contributed by atoms with E-state index in [1.807, 2.05) is 5.32 Å². The van der Waals surface area contributed by atoms with Gasteiger partial charge in [-0.1, -0.05) is 12.1 Å². The Morgan fingerprint density at radius 1 is 0.840 bits per heavy atom. The first-order valence-corrected chi connectivity index (χ1v) is 7.80. The molecule has 0 bridgehead atoms. The summed E-state index contributed by atoms with van der Waals surface area (Å²) in [6.07, 6.45) is 0. The Labute approximate surface area is 137 Å². The van der Waals surface area contributed by atoms with Gasteiger partial charge in [0.1, 0.15) is 10.6 Å². The Morgan fingerprint density at radius 3 is 1.84 bits per heavy atom. The van der Waals surface area contributed by atoms with Crippen LogP contribution < -0.4 is 15.8 Å². The van der Waals surface area contributed by atoms with Gasteiger partial charge < -0.3 is 10.6 Å². The van der Waals surface area contributed by atoms with Gasteiger partial charge in [-0.25, -0.2) is 40.3 Å². The zero-order valence-corrected chi connectivity index (χ0v) is 12.7. The van der Waals surface area contributed by atoms with Gasteiger partial charge in [-0.15, -0.1) is 0 Å². The second kappa shape index (κ2) is 6.64. The van der Waals surface area contributed by atoms with E-state index in [0.717, 1.165) is 12.1 Å². The number of carbonyl (C=O) groups excluding carboxylic acids is 1. The van der Waals surface area contributed by atoms with Gasteiger partial charge in [0, 0.05) is 0 Å². The molecule has 4 N–H and O–H groups in total. The molecular weight excluding hydrogens is 373 g/mol. The van der Waals surface area contributed by atoms with Gasteiger partial charge in [-0.3, -0.25) is 0 Å². The maximum Gasteiger partial charge on any atom is 0.323 e. The van der Waals surface area contributed by atoms with Gasteiger partial charge in [0.15, 0.2) is 23.3 Å². The Morgan fingerprint density at radius 2 is 1.32 bits per heavy atom. The van der Waals surface area contributed by atoms with Crippen LogP contribution >= 0.6 is 0 Å². The van der Waals surface area contributed by atoms with E-state index < -0.39 is 55.7 Å². The Bertz CT molecular complexity index is 937. The molecule has 2 amide bonds. The number of sulfonamides is 1. The van der Waals surface area contributed by atoms with Crippen molar-refractivity contribution in [1.29, 1.82) is 0 Å². The maximum absolute atomic E-state index is 13.5. The highest BCUT2D eigenvalue weighted by Crippen LogP contribution is 2.27. The molecule has 134 valence electrons. The Balaban J connectivity index is 2.35. The molecule has 0 saturated carbocycles. The number of hydrogen-bond acceptors (Lipinski definition) is 3. The summed E-state index contributed by atoms with van der Waals surface area (Å²) in [7, 11) is -4.25. The first-order chi connectivity index (χ1) is 11.5. The summed E-state index contributed by atoms with van der Waals surface area (Å²) in [5.74, 6) is -11.4. The molecular formula is C13H8F5N3O3S. The van der Waals surface area contributed by atoms with Crippen LogP contribution in [0.3, 0.4) is 0 Å². The highest BCUT2D eigenvalue weighted by molar-refractivity contribution is 7.89. The SMILES string of the molecule is NS(=O)(=O)c1ccccc1NC(=O)Nc1c(F)c(F)c(F)c(F)c1F. The summed E-state index contributed by atoms with van der Waals surface area (Å²) in [6.45, 7) is 0. The highest BCUT2D eigenvalue weighted by Gasteiger charge is 2.27. The summed E-state index contributed by atoms with van der Waals surface area (Å²) >= 11 is 0. The second-order valence-electron chi connectivity index (χ2n) is 4.57. The topological polar surface area (TPSA) is 101 Å². The molecule has 0 aromatic heterocycles. The molecule has 2 aromatic carbocycles. The minimum atomic E-state index is -4.25. The van der Waals surface area contributed by atoms with E-state index in [1.54, 1.807) is 0 Å². The van der Waals surface area contributed by atoms with E-state index >= 15 is 0 Å². The summed E-state index contributed by atoms with van der Waals surface area (Å²) in [4.78, 5) is 11.2. The molecule has 0 aliphatic heterocycles. The van der Waals surface area contributed by atoms with Crippen molar-refractivity contribution >= 4 is 27.4 Å². The first kappa shape index (κ1) is 18.6. The molecule has 0 radical (unpaired) electrons. The van der Waals surface area contributed by atoms with Crippen molar-refractivity contribution in [3.8, 4) is 0 Å².